The van der Waals surface area contributed by atoms with Crippen LogP contribution in [0.2, 0.25) is 0 Å². The summed E-state index contributed by atoms with van der Waals surface area (Å²) in [6, 6.07) is 6.94. The van der Waals surface area contributed by atoms with E-state index in [1.807, 2.05) is 0 Å². The summed E-state index contributed by atoms with van der Waals surface area (Å²) in [6.07, 6.45) is -0.205. The van der Waals surface area contributed by atoms with Gasteiger partial charge in [0.15, 0.2) is 18.4 Å². The third-order valence-corrected chi connectivity index (χ3v) is 7.31. The van der Waals surface area contributed by atoms with E-state index < -0.39 is 68.8 Å². The number of hydrogen-bond acceptors (Lipinski definition) is 12. The van der Waals surface area contributed by atoms with Gasteiger partial charge in [-0.2, -0.15) is 5.09 Å². The van der Waals surface area contributed by atoms with Gasteiger partial charge in [-0.25, -0.2) is 9.36 Å². The average Bonchev–Trinajstić information content (AvgIpc) is 3.23. The first-order valence-electron chi connectivity index (χ1n) is 12.1. The molecule has 1 unspecified atom stereocenters. The second kappa shape index (κ2) is 13.6. The molecular formula is C25H31N2O12P. The summed E-state index contributed by atoms with van der Waals surface area (Å²) in [6.45, 7) is 3.16. The van der Waals surface area contributed by atoms with E-state index in [2.05, 4.69) is 9.82 Å². The molecule has 15 heteroatoms. The lowest BCUT2D eigenvalue weighted by molar-refractivity contribution is -0.166. The predicted octanol–water partition coefficient (Wildman–Crippen LogP) is 2.12. The van der Waals surface area contributed by atoms with Crippen molar-refractivity contribution in [2.75, 3.05) is 13.7 Å². The second-order valence-electron chi connectivity index (χ2n) is 8.78. The highest BCUT2D eigenvalue weighted by molar-refractivity contribution is 7.52. The fourth-order valence-corrected chi connectivity index (χ4v) is 5.46. The van der Waals surface area contributed by atoms with Gasteiger partial charge in [0.2, 0.25) is 0 Å². The number of rotatable bonds is 12. The Bertz CT molecular complexity index is 1200. The first-order chi connectivity index (χ1) is 18.9. The number of carboxylic acids is 1. The fraction of sp³-hybridized carbons (Fsp3) is 0.440. The molecule has 0 amide bonds. The molecule has 1 aromatic rings. The molecule has 0 bridgehead atoms. The van der Waals surface area contributed by atoms with Gasteiger partial charge < -0.3 is 33.5 Å². The van der Waals surface area contributed by atoms with Crippen molar-refractivity contribution in [2.24, 2.45) is 0 Å². The topological polar surface area (TPSA) is 176 Å². The molecule has 3 rings (SSSR count). The average molecular weight is 582 g/mol. The molecule has 1 fully saturated rings. The third kappa shape index (κ3) is 8.15. The van der Waals surface area contributed by atoms with Crippen LogP contribution in [0.5, 0.6) is 5.75 Å². The zero-order valence-corrected chi connectivity index (χ0v) is 23.1. The van der Waals surface area contributed by atoms with Gasteiger partial charge in [-0.15, -0.1) is 0 Å². The van der Waals surface area contributed by atoms with Gasteiger partial charge in [0.05, 0.1) is 19.3 Å². The van der Waals surface area contributed by atoms with Gasteiger partial charge in [0.25, 0.3) is 0 Å². The van der Waals surface area contributed by atoms with Crippen molar-refractivity contribution >= 4 is 31.6 Å². The van der Waals surface area contributed by atoms with Gasteiger partial charge in [-0.1, -0.05) is 24.3 Å². The number of ether oxygens (including phenoxy) is 4. The second-order valence-corrected chi connectivity index (χ2v) is 10.5. The number of allylic oxidation sites excluding steroid dienone is 1. The van der Waals surface area contributed by atoms with Gasteiger partial charge >= 0.3 is 31.6 Å². The van der Waals surface area contributed by atoms with Gasteiger partial charge in [0.1, 0.15) is 17.9 Å². The van der Waals surface area contributed by atoms with Crippen LogP contribution in [0.3, 0.4) is 0 Å². The standard InChI is InChI=1S/C25H31N2O12P/c1-15(25(32)34-4)26-40(33,39-19-10-6-5-7-11-19)35-14-20-21(36-16(2)28)22(37-17(3)29)23(38-20)27-12-8-9-18(13-27)24(30)31/h5-8,10-13,15,20-23H,9,14H2,1-4H3,(H,26,33)(H,30,31)/t15-,20+,21+,22+,23+,40?/m0/s1. The molecule has 14 nitrogen and oxygen atoms in total. The number of nitrogens with zero attached hydrogens (tertiary/aromatic N) is 1. The smallest absolute Gasteiger partial charge is 0.459 e. The van der Waals surface area contributed by atoms with Crippen molar-refractivity contribution in [1.82, 2.24) is 9.99 Å². The Hall–Kier alpha value is -3.71. The van der Waals surface area contributed by atoms with E-state index in [4.69, 9.17) is 23.3 Å². The van der Waals surface area contributed by atoms with Crippen LogP contribution in [0, 0.1) is 0 Å². The van der Waals surface area contributed by atoms with E-state index >= 15 is 0 Å². The first-order valence-corrected chi connectivity index (χ1v) is 13.7. The maximum Gasteiger partial charge on any atom is 0.459 e. The van der Waals surface area contributed by atoms with Crippen LogP contribution in [0.1, 0.15) is 27.2 Å². The maximum atomic E-state index is 13.8. The fourth-order valence-electron chi connectivity index (χ4n) is 3.96. The molecule has 0 aliphatic carbocycles. The Morgan fingerprint density at radius 3 is 2.38 bits per heavy atom. The minimum Gasteiger partial charge on any atom is -0.478 e. The van der Waals surface area contributed by atoms with Crippen LogP contribution >= 0.6 is 7.75 Å². The minimum absolute atomic E-state index is 0.0400. The Kier molecular flexibility index (Phi) is 10.5. The summed E-state index contributed by atoms with van der Waals surface area (Å²) in [5, 5.41) is 11.9. The molecule has 1 saturated heterocycles. The number of para-hydroxylation sites is 1. The van der Waals surface area contributed by atoms with Crippen LogP contribution < -0.4 is 9.61 Å². The highest BCUT2D eigenvalue weighted by atomic mass is 31.2. The summed E-state index contributed by atoms with van der Waals surface area (Å²) >= 11 is 0. The molecule has 0 spiro atoms. The van der Waals surface area contributed by atoms with E-state index in [1.165, 1.54) is 36.4 Å². The van der Waals surface area contributed by atoms with Crippen LogP contribution in [0.4, 0.5) is 0 Å². The molecule has 2 N–H and O–H groups in total. The number of benzene rings is 1. The van der Waals surface area contributed by atoms with E-state index in [0.717, 1.165) is 21.0 Å². The number of carbonyl (C=O) groups excluding carboxylic acids is 3. The third-order valence-electron chi connectivity index (χ3n) is 5.66. The Labute approximate surface area is 230 Å². The van der Waals surface area contributed by atoms with Crippen molar-refractivity contribution in [2.45, 2.75) is 57.8 Å². The molecule has 0 aromatic heterocycles. The van der Waals surface area contributed by atoms with Crippen LogP contribution in [0.25, 0.3) is 0 Å². The summed E-state index contributed by atoms with van der Waals surface area (Å²) < 4.78 is 46.6. The van der Waals surface area contributed by atoms with E-state index in [9.17, 15) is 28.8 Å². The normalized spacial score (nSPS) is 24.3. The Morgan fingerprint density at radius 2 is 1.77 bits per heavy atom. The van der Waals surface area contributed by atoms with E-state index in [0.29, 0.717) is 0 Å². The SMILES string of the molecule is COC(=O)[C@H](C)NP(=O)(OC[C@H]1O[C@@H](N2C=CCC(C(=O)O)=C2)[C@H](OC(C)=O)[C@@H]1OC(C)=O)Oc1ccccc1. The highest BCUT2D eigenvalue weighted by Crippen LogP contribution is 2.46. The number of methoxy groups -OCH3 is 1. The minimum atomic E-state index is -4.30. The van der Waals surface area contributed by atoms with Crippen LogP contribution in [-0.2, 0) is 47.2 Å². The van der Waals surface area contributed by atoms with Crippen molar-refractivity contribution in [3.8, 4) is 5.75 Å². The zero-order chi connectivity index (χ0) is 29.4. The Morgan fingerprint density at radius 1 is 1.12 bits per heavy atom. The monoisotopic (exact) mass is 582 g/mol. The van der Waals surface area contributed by atoms with E-state index in [1.54, 1.807) is 24.3 Å². The van der Waals surface area contributed by atoms with Gasteiger partial charge in [0, 0.05) is 32.7 Å². The molecule has 2 heterocycles. The van der Waals surface area contributed by atoms with Crippen molar-refractivity contribution in [3.05, 3.63) is 54.4 Å². The van der Waals surface area contributed by atoms with Crippen molar-refractivity contribution in [3.63, 3.8) is 0 Å². The molecule has 0 radical (unpaired) electrons. The number of carbonyl (C=O) groups is 4. The lowest BCUT2D eigenvalue weighted by Gasteiger charge is -2.30. The summed E-state index contributed by atoms with van der Waals surface area (Å²) in [7, 11) is -3.13. The quantitative estimate of drug-likeness (QED) is 0.208. The highest BCUT2D eigenvalue weighted by Gasteiger charge is 2.52. The first kappa shape index (κ1) is 30.8. The van der Waals surface area contributed by atoms with Gasteiger partial charge in [-0.05, 0) is 19.1 Å². The summed E-state index contributed by atoms with van der Waals surface area (Å²) in [5.41, 5.74) is 0.0400. The summed E-state index contributed by atoms with van der Waals surface area (Å²) in [5.74, 6) is -3.17. The lowest BCUT2D eigenvalue weighted by Crippen LogP contribution is -2.45. The molecule has 2 aliphatic rings. The zero-order valence-electron chi connectivity index (χ0n) is 22.3. The number of esters is 3. The molecular weight excluding hydrogens is 551 g/mol. The molecule has 218 valence electrons. The largest absolute Gasteiger partial charge is 0.478 e. The van der Waals surface area contributed by atoms with Crippen LogP contribution in [-0.4, -0.2) is 78.2 Å². The predicted molar refractivity (Wildman–Crippen MR) is 136 cm³/mol. The summed E-state index contributed by atoms with van der Waals surface area (Å²) in [4.78, 5) is 48.9. The van der Waals surface area contributed by atoms with Gasteiger partial charge in [-0.3, -0.25) is 18.9 Å². The lowest BCUT2D eigenvalue weighted by atomic mass is 10.1. The number of aliphatic carboxylic acids is 1. The molecule has 1 aromatic carbocycles. The van der Waals surface area contributed by atoms with Crippen molar-refractivity contribution < 1.29 is 56.8 Å². The molecule has 40 heavy (non-hydrogen) atoms. The number of carboxylic acid groups (broad SMARTS) is 1. The van der Waals surface area contributed by atoms with E-state index in [-0.39, 0.29) is 17.7 Å². The van der Waals surface area contributed by atoms with Crippen molar-refractivity contribution in [1.29, 1.82) is 0 Å². The molecule has 2 aliphatic heterocycles. The van der Waals surface area contributed by atoms with Crippen LogP contribution in [0.15, 0.2) is 54.4 Å². The molecule has 6 atom stereocenters. The maximum absolute atomic E-state index is 13.8. The Balaban J connectivity index is 1.90. The number of nitrogens with one attached hydrogen (secondary N) is 1. The number of hydrogen-bond donors (Lipinski definition) is 2. The molecule has 0 saturated carbocycles.